The smallest absolute Gasteiger partial charge is 0.243 e. The van der Waals surface area contributed by atoms with E-state index in [1.54, 1.807) is 17.0 Å². The average molecular weight is 455 g/mol. The highest BCUT2D eigenvalue weighted by Crippen LogP contribution is 2.20. The number of piperazine rings is 1. The van der Waals surface area contributed by atoms with Gasteiger partial charge in [0.25, 0.3) is 0 Å². The number of amides is 1. The van der Waals surface area contributed by atoms with Crippen LogP contribution in [-0.2, 0) is 21.2 Å². The number of sulfonamides is 1. The van der Waals surface area contributed by atoms with E-state index in [1.165, 1.54) is 34.4 Å². The zero-order chi connectivity index (χ0) is 22.7. The largest absolute Gasteiger partial charge is 0.340 e. The molecule has 1 amide bonds. The quantitative estimate of drug-likeness (QED) is 0.509. The van der Waals surface area contributed by atoms with Gasteiger partial charge in [0.1, 0.15) is 6.33 Å². The topological polar surface area (TPSA) is 118 Å². The van der Waals surface area contributed by atoms with Crippen LogP contribution in [0, 0.1) is 0 Å². The minimum atomic E-state index is -3.73. The van der Waals surface area contributed by atoms with E-state index in [0.717, 1.165) is 11.3 Å². The molecule has 166 valence electrons. The molecule has 0 radical (unpaired) electrons. The van der Waals surface area contributed by atoms with Gasteiger partial charge in [0.2, 0.25) is 15.9 Å². The number of nitrogens with zero attached hydrogens (tertiary/aromatic N) is 6. The lowest BCUT2D eigenvalue weighted by Crippen LogP contribution is -2.50. The molecule has 2 aromatic carbocycles. The standard InChI is InChI=1S/C21H22N6O4S/c1-16(28)18-3-2-4-20(14-18)32(30,31)26-11-9-25(10-12-26)21(29)13-17-5-7-19(8-6-17)27-15-22-23-24-27/h2-8,14-15H,9-13H2,1H3. The Bertz CT molecular complexity index is 1220. The summed E-state index contributed by atoms with van der Waals surface area (Å²) >= 11 is 0. The van der Waals surface area contributed by atoms with Crippen LogP contribution in [0.4, 0.5) is 0 Å². The lowest BCUT2D eigenvalue weighted by molar-refractivity contribution is -0.131. The molecular weight excluding hydrogens is 432 g/mol. The Balaban J connectivity index is 1.36. The van der Waals surface area contributed by atoms with Crippen molar-refractivity contribution in [3.8, 4) is 5.69 Å². The Labute approximate surface area is 185 Å². The summed E-state index contributed by atoms with van der Waals surface area (Å²) in [5, 5.41) is 11.0. The van der Waals surface area contributed by atoms with E-state index in [4.69, 9.17) is 0 Å². The van der Waals surface area contributed by atoms with Crippen molar-refractivity contribution in [2.75, 3.05) is 26.2 Å². The molecule has 32 heavy (non-hydrogen) atoms. The summed E-state index contributed by atoms with van der Waals surface area (Å²) in [5.41, 5.74) is 1.99. The van der Waals surface area contributed by atoms with Crippen LogP contribution in [0.2, 0.25) is 0 Å². The summed E-state index contributed by atoms with van der Waals surface area (Å²) in [6.45, 7) is 2.43. The van der Waals surface area contributed by atoms with Crippen molar-refractivity contribution in [1.29, 1.82) is 0 Å². The van der Waals surface area contributed by atoms with Crippen molar-refractivity contribution in [1.82, 2.24) is 29.4 Å². The summed E-state index contributed by atoms with van der Waals surface area (Å²) in [6, 6.07) is 13.4. The zero-order valence-electron chi connectivity index (χ0n) is 17.5. The first-order valence-electron chi connectivity index (χ1n) is 10.1. The minimum Gasteiger partial charge on any atom is -0.340 e. The van der Waals surface area contributed by atoms with Gasteiger partial charge in [-0.25, -0.2) is 13.1 Å². The summed E-state index contributed by atoms with van der Waals surface area (Å²) < 4.78 is 28.8. The Morgan fingerprint density at radius 1 is 1.00 bits per heavy atom. The van der Waals surface area contributed by atoms with Crippen LogP contribution >= 0.6 is 0 Å². The van der Waals surface area contributed by atoms with Crippen molar-refractivity contribution >= 4 is 21.7 Å². The predicted octanol–water partition coefficient (Wildman–Crippen LogP) is 0.940. The van der Waals surface area contributed by atoms with Gasteiger partial charge in [-0.15, -0.1) is 5.10 Å². The van der Waals surface area contributed by atoms with E-state index in [9.17, 15) is 18.0 Å². The molecule has 1 saturated heterocycles. The molecule has 2 heterocycles. The van der Waals surface area contributed by atoms with Crippen LogP contribution in [0.25, 0.3) is 5.69 Å². The maximum absolute atomic E-state index is 13.0. The number of ketones is 1. The van der Waals surface area contributed by atoms with Gasteiger partial charge in [-0.3, -0.25) is 9.59 Å². The van der Waals surface area contributed by atoms with Crippen LogP contribution in [0.15, 0.2) is 59.8 Å². The second kappa shape index (κ2) is 8.97. The number of carbonyl (C=O) groups excluding carboxylic acids is 2. The van der Waals surface area contributed by atoms with Gasteiger partial charge in [-0.05, 0) is 47.2 Å². The zero-order valence-corrected chi connectivity index (χ0v) is 18.3. The van der Waals surface area contributed by atoms with Crippen molar-refractivity contribution in [2.24, 2.45) is 0 Å². The Morgan fingerprint density at radius 2 is 1.72 bits per heavy atom. The molecule has 1 fully saturated rings. The number of Topliss-reactive ketones (excluding diaryl/α,β-unsaturated/α-hetero) is 1. The molecule has 0 N–H and O–H groups in total. The second-order valence-electron chi connectivity index (χ2n) is 7.47. The fourth-order valence-electron chi connectivity index (χ4n) is 3.54. The molecule has 11 heteroatoms. The SMILES string of the molecule is CC(=O)c1cccc(S(=O)(=O)N2CCN(C(=O)Cc3ccc(-n4cnnn4)cc3)CC2)c1. The van der Waals surface area contributed by atoms with Crippen LogP contribution in [0.3, 0.4) is 0 Å². The highest BCUT2D eigenvalue weighted by atomic mass is 32.2. The van der Waals surface area contributed by atoms with Crippen molar-refractivity contribution in [2.45, 2.75) is 18.2 Å². The van der Waals surface area contributed by atoms with Crippen molar-refractivity contribution in [3.63, 3.8) is 0 Å². The van der Waals surface area contributed by atoms with E-state index in [1.807, 2.05) is 24.3 Å². The van der Waals surface area contributed by atoms with Crippen LogP contribution in [-0.4, -0.2) is 75.7 Å². The fourth-order valence-corrected chi connectivity index (χ4v) is 5.00. The van der Waals surface area contributed by atoms with Gasteiger partial charge >= 0.3 is 0 Å². The van der Waals surface area contributed by atoms with Gasteiger partial charge in [-0.2, -0.15) is 4.31 Å². The third kappa shape index (κ3) is 4.58. The molecule has 0 unspecified atom stereocenters. The van der Waals surface area contributed by atoms with E-state index >= 15 is 0 Å². The molecule has 10 nitrogen and oxygen atoms in total. The highest BCUT2D eigenvalue weighted by molar-refractivity contribution is 7.89. The highest BCUT2D eigenvalue weighted by Gasteiger charge is 2.30. The average Bonchev–Trinajstić information content (AvgIpc) is 3.35. The Morgan fingerprint density at radius 3 is 2.34 bits per heavy atom. The molecule has 0 bridgehead atoms. The Kier molecular flexibility index (Phi) is 6.10. The van der Waals surface area contributed by atoms with Gasteiger partial charge in [-0.1, -0.05) is 24.3 Å². The van der Waals surface area contributed by atoms with Crippen molar-refractivity contribution < 1.29 is 18.0 Å². The van der Waals surface area contributed by atoms with Gasteiger partial charge in [0.15, 0.2) is 5.78 Å². The maximum Gasteiger partial charge on any atom is 0.243 e. The first kappa shape index (κ1) is 21.8. The lowest BCUT2D eigenvalue weighted by Gasteiger charge is -2.34. The monoisotopic (exact) mass is 454 g/mol. The molecule has 0 atom stereocenters. The normalized spacial score (nSPS) is 15.0. The van der Waals surface area contributed by atoms with Crippen LogP contribution < -0.4 is 0 Å². The van der Waals surface area contributed by atoms with E-state index in [2.05, 4.69) is 15.5 Å². The molecule has 3 aromatic rings. The summed E-state index contributed by atoms with van der Waals surface area (Å²) in [5.74, 6) is -0.251. The van der Waals surface area contributed by atoms with Crippen molar-refractivity contribution in [3.05, 3.63) is 66.0 Å². The number of aromatic nitrogens is 4. The number of rotatable bonds is 6. The van der Waals surface area contributed by atoms with E-state index < -0.39 is 10.0 Å². The first-order valence-corrected chi connectivity index (χ1v) is 11.5. The molecule has 1 aliphatic heterocycles. The first-order chi connectivity index (χ1) is 15.3. The van der Waals surface area contributed by atoms with E-state index in [0.29, 0.717) is 18.7 Å². The third-order valence-corrected chi connectivity index (χ3v) is 7.27. The molecular formula is C21H22N6O4S. The van der Waals surface area contributed by atoms with Gasteiger partial charge in [0, 0.05) is 31.7 Å². The summed E-state index contributed by atoms with van der Waals surface area (Å²) in [7, 11) is -3.73. The molecule has 0 spiro atoms. The predicted molar refractivity (Wildman–Crippen MR) is 115 cm³/mol. The Hall–Kier alpha value is -3.44. The molecule has 1 aliphatic rings. The number of hydrogen-bond donors (Lipinski definition) is 0. The maximum atomic E-state index is 13.0. The van der Waals surface area contributed by atoms with E-state index in [-0.39, 0.29) is 36.1 Å². The number of tetrazole rings is 1. The van der Waals surface area contributed by atoms with Crippen LogP contribution in [0.1, 0.15) is 22.8 Å². The minimum absolute atomic E-state index is 0.0594. The van der Waals surface area contributed by atoms with Gasteiger partial charge < -0.3 is 4.90 Å². The number of carbonyl (C=O) groups is 2. The molecule has 4 rings (SSSR count). The lowest BCUT2D eigenvalue weighted by atomic mass is 10.1. The summed E-state index contributed by atoms with van der Waals surface area (Å²) in [4.78, 5) is 26.1. The molecule has 0 aliphatic carbocycles. The third-order valence-electron chi connectivity index (χ3n) is 5.37. The number of benzene rings is 2. The van der Waals surface area contributed by atoms with Gasteiger partial charge in [0.05, 0.1) is 17.0 Å². The fraction of sp³-hybridized carbons (Fsp3) is 0.286. The summed E-state index contributed by atoms with van der Waals surface area (Å²) in [6.07, 6.45) is 1.72. The van der Waals surface area contributed by atoms with Crippen LogP contribution in [0.5, 0.6) is 0 Å². The second-order valence-corrected chi connectivity index (χ2v) is 9.40. The number of hydrogen-bond acceptors (Lipinski definition) is 7. The molecule has 0 saturated carbocycles. The molecule has 1 aromatic heterocycles.